The van der Waals surface area contributed by atoms with Crippen molar-refractivity contribution in [2.45, 2.75) is 45.1 Å². The second-order valence-electron chi connectivity index (χ2n) is 5.91. The lowest BCUT2D eigenvalue weighted by molar-refractivity contribution is -0.142. The van der Waals surface area contributed by atoms with Gasteiger partial charge in [0.25, 0.3) is 0 Å². The molecule has 1 aliphatic rings. The van der Waals surface area contributed by atoms with Crippen LogP contribution in [0.5, 0.6) is 0 Å². The van der Waals surface area contributed by atoms with Crippen LogP contribution in [-0.2, 0) is 15.5 Å². The molecule has 1 aliphatic heterocycles. The maximum Gasteiger partial charge on any atom is 0.497 e. The Hall–Kier alpha value is -1.15. The Bertz CT molecular complexity index is 552. The van der Waals surface area contributed by atoms with Crippen LogP contribution in [0.25, 0.3) is 0 Å². The molecule has 0 aliphatic carbocycles. The molecule has 0 radical (unpaired) electrons. The Morgan fingerprint density at radius 1 is 0.952 bits per heavy atom. The van der Waals surface area contributed by atoms with Gasteiger partial charge in [0.15, 0.2) is 0 Å². The van der Waals surface area contributed by atoms with Gasteiger partial charge in [-0.05, 0) is 33.8 Å². The van der Waals surface area contributed by atoms with Gasteiger partial charge in [0.05, 0.1) is 11.2 Å². The van der Waals surface area contributed by atoms with Crippen molar-refractivity contribution in [2.75, 3.05) is 0 Å². The van der Waals surface area contributed by atoms with Crippen molar-refractivity contribution in [1.82, 2.24) is 0 Å². The molecule has 1 aromatic carbocycles. The summed E-state index contributed by atoms with van der Waals surface area (Å²) >= 11 is 0. The van der Waals surface area contributed by atoms with E-state index < -0.39 is 47.2 Å². The van der Waals surface area contributed by atoms with Crippen LogP contribution in [0.4, 0.5) is 22.0 Å². The van der Waals surface area contributed by atoms with Crippen molar-refractivity contribution in [3.8, 4) is 0 Å². The van der Waals surface area contributed by atoms with Crippen LogP contribution in [0.3, 0.4) is 0 Å². The van der Waals surface area contributed by atoms with E-state index in [9.17, 15) is 22.0 Å². The molecule has 2 rings (SSSR count). The van der Waals surface area contributed by atoms with E-state index in [1.54, 1.807) is 27.7 Å². The van der Waals surface area contributed by atoms with Crippen LogP contribution in [0, 0.1) is 11.6 Å². The molecular formula is C13H14BF5O2. The normalized spacial score (nSPS) is 20.9. The van der Waals surface area contributed by atoms with Crippen LogP contribution in [-0.4, -0.2) is 18.3 Å². The third-order valence-corrected chi connectivity index (χ3v) is 3.91. The minimum absolute atomic E-state index is 0.470. The lowest BCUT2D eigenvalue weighted by atomic mass is 9.77. The summed E-state index contributed by atoms with van der Waals surface area (Å²) in [4.78, 5) is 0. The van der Waals surface area contributed by atoms with E-state index in [4.69, 9.17) is 9.31 Å². The highest BCUT2D eigenvalue weighted by Crippen LogP contribution is 2.38. The highest BCUT2D eigenvalue weighted by molar-refractivity contribution is 6.62. The molecule has 1 fully saturated rings. The number of alkyl halides is 3. The summed E-state index contributed by atoms with van der Waals surface area (Å²) in [7, 11) is -1.32. The summed E-state index contributed by atoms with van der Waals surface area (Å²) in [5, 5.41) is 0. The third kappa shape index (κ3) is 2.66. The monoisotopic (exact) mass is 308 g/mol. The number of rotatable bonds is 1. The lowest BCUT2D eigenvalue weighted by Crippen LogP contribution is -2.41. The van der Waals surface area contributed by atoms with Crippen LogP contribution in [0.1, 0.15) is 33.3 Å². The smallest absolute Gasteiger partial charge is 0.399 e. The van der Waals surface area contributed by atoms with E-state index in [0.29, 0.717) is 6.07 Å². The van der Waals surface area contributed by atoms with E-state index in [1.807, 2.05) is 0 Å². The van der Waals surface area contributed by atoms with Crippen molar-refractivity contribution in [2.24, 2.45) is 0 Å². The van der Waals surface area contributed by atoms with Gasteiger partial charge in [-0.3, -0.25) is 0 Å². The van der Waals surface area contributed by atoms with Crippen molar-refractivity contribution >= 4 is 12.6 Å². The second kappa shape index (κ2) is 4.68. The van der Waals surface area contributed by atoms with E-state index in [2.05, 4.69) is 0 Å². The SMILES string of the molecule is CC1(C)OB(c2ccc(F)c(C(F)(F)F)c2F)OC1(C)C. The molecule has 0 atom stereocenters. The fourth-order valence-electron chi connectivity index (χ4n) is 1.98. The molecule has 1 heterocycles. The summed E-state index contributed by atoms with van der Waals surface area (Å²) in [6, 6.07) is 1.47. The molecule has 8 heteroatoms. The molecule has 21 heavy (non-hydrogen) atoms. The summed E-state index contributed by atoms with van der Waals surface area (Å²) in [5.41, 5.74) is -4.08. The largest absolute Gasteiger partial charge is 0.497 e. The molecular weight excluding hydrogens is 294 g/mol. The maximum absolute atomic E-state index is 14.1. The average Bonchev–Trinajstić information content (AvgIpc) is 2.45. The Morgan fingerprint density at radius 2 is 1.43 bits per heavy atom. The zero-order chi connectivity index (χ0) is 16.2. The molecule has 0 spiro atoms. The van der Waals surface area contributed by atoms with E-state index in [1.165, 1.54) is 0 Å². The first-order valence-electron chi connectivity index (χ1n) is 6.27. The molecule has 2 nitrogen and oxygen atoms in total. The number of hydrogen-bond acceptors (Lipinski definition) is 2. The molecule has 116 valence electrons. The van der Waals surface area contributed by atoms with Gasteiger partial charge in [0.2, 0.25) is 0 Å². The van der Waals surface area contributed by atoms with Crippen LogP contribution in [0.15, 0.2) is 12.1 Å². The van der Waals surface area contributed by atoms with Crippen molar-refractivity contribution < 1.29 is 31.3 Å². The first-order valence-corrected chi connectivity index (χ1v) is 6.27. The van der Waals surface area contributed by atoms with E-state index in [0.717, 1.165) is 6.07 Å². The van der Waals surface area contributed by atoms with Gasteiger partial charge in [-0.2, -0.15) is 13.2 Å². The Kier molecular flexibility index (Phi) is 3.61. The van der Waals surface area contributed by atoms with Crippen LogP contribution >= 0.6 is 0 Å². The highest BCUT2D eigenvalue weighted by atomic mass is 19.4. The average molecular weight is 308 g/mol. The molecule has 0 bridgehead atoms. The van der Waals surface area contributed by atoms with E-state index in [-0.39, 0.29) is 0 Å². The van der Waals surface area contributed by atoms with Gasteiger partial charge in [-0.1, -0.05) is 6.07 Å². The quantitative estimate of drug-likeness (QED) is 0.585. The second-order valence-corrected chi connectivity index (χ2v) is 5.91. The van der Waals surface area contributed by atoms with E-state index >= 15 is 0 Å². The minimum atomic E-state index is -5.13. The number of halogens is 5. The topological polar surface area (TPSA) is 18.5 Å². The number of hydrogen-bond donors (Lipinski definition) is 0. The molecule has 0 saturated carbocycles. The fraction of sp³-hybridized carbons (Fsp3) is 0.538. The minimum Gasteiger partial charge on any atom is -0.399 e. The number of benzene rings is 1. The predicted molar refractivity (Wildman–Crippen MR) is 67.1 cm³/mol. The van der Waals surface area contributed by atoms with Gasteiger partial charge < -0.3 is 9.31 Å². The van der Waals surface area contributed by atoms with Crippen LogP contribution < -0.4 is 5.46 Å². The first-order chi connectivity index (χ1) is 9.37. The van der Waals surface area contributed by atoms with Gasteiger partial charge in [0, 0.05) is 5.46 Å². The Labute approximate surface area is 119 Å². The van der Waals surface area contributed by atoms with Gasteiger partial charge >= 0.3 is 13.3 Å². The summed E-state index contributed by atoms with van der Waals surface area (Å²) in [5.74, 6) is -3.37. The molecule has 0 unspecified atom stereocenters. The van der Waals surface area contributed by atoms with Gasteiger partial charge in [0.1, 0.15) is 17.2 Å². The van der Waals surface area contributed by atoms with Crippen molar-refractivity contribution in [3.05, 3.63) is 29.3 Å². The predicted octanol–water partition coefficient (Wildman–Crippen LogP) is 3.28. The summed E-state index contributed by atoms with van der Waals surface area (Å²) in [6.07, 6.45) is -5.13. The van der Waals surface area contributed by atoms with Gasteiger partial charge in [-0.25, -0.2) is 8.78 Å². The molecule has 1 aromatic rings. The Balaban J connectivity index is 2.49. The van der Waals surface area contributed by atoms with Crippen LogP contribution in [0.2, 0.25) is 0 Å². The molecule has 0 amide bonds. The molecule has 1 saturated heterocycles. The maximum atomic E-state index is 14.1. The van der Waals surface area contributed by atoms with Gasteiger partial charge in [-0.15, -0.1) is 0 Å². The Morgan fingerprint density at radius 3 is 1.86 bits per heavy atom. The lowest BCUT2D eigenvalue weighted by Gasteiger charge is -2.32. The highest BCUT2D eigenvalue weighted by Gasteiger charge is 2.53. The first kappa shape index (κ1) is 16.2. The fourth-order valence-corrected chi connectivity index (χ4v) is 1.98. The summed E-state index contributed by atoms with van der Waals surface area (Å²) in [6.45, 7) is 6.72. The zero-order valence-corrected chi connectivity index (χ0v) is 11.9. The standard InChI is InChI=1S/C13H14BF5O2/c1-11(2)12(3,4)21-14(20-11)7-5-6-8(15)9(10(7)16)13(17,18)19/h5-6H,1-4H3. The van der Waals surface area contributed by atoms with Crippen molar-refractivity contribution in [1.29, 1.82) is 0 Å². The molecule has 0 N–H and O–H groups in total. The third-order valence-electron chi connectivity index (χ3n) is 3.91. The summed E-state index contributed by atoms with van der Waals surface area (Å²) < 4.78 is 76.5. The molecule has 0 aromatic heterocycles. The zero-order valence-electron chi connectivity index (χ0n) is 11.9. The van der Waals surface area contributed by atoms with Crippen molar-refractivity contribution in [3.63, 3.8) is 0 Å².